The highest BCUT2D eigenvalue weighted by Crippen LogP contribution is 2.44. The molecule has 1 N–H and O–H groups in total. The van der Waals surface area contributed by atoms with Crippen molar-refractivity contribution in [2.24, 2.45) is 0 Å². The molecule has 0 radical (unpaired) electrons. The molecule has 1 fully saturated rings. The first kappa shape index (κ1) is 19.5. The highest BCUT2D eigenvalue weighted by atomic mass is 35.5. The van der Waals surface area contributed by atoms with Gasteiger partial charge in [0.25, 0.3) is 5.78 Å². The molecule has 1 aliphatic heterocycles. The lowest BCUT2D eigenvalue weighted by molar-refractivity contribution is -0.132. The van der Waals surface area contributed by atoms with Gasteiger partial charge in [-0.3, -0.25) is 14.5 Å². The molecule has 9 heteroatoms. The third-order valence-electron chi connectivity index (χ3n) is 4.92. The zero-order valence-electron chi connectivity index (χ0n) is 15.6. The Morgan fingerprint density at radius 1 is 1.16 bits per heavy atom. The first-order valence-electron chi connectivity index (χ1n) is 9.10. The normalized spacial score (nSPS) is 18.3. The molecular formula is C22H12ClFN2O4S. The van der Waals surface area contributed by atoms with Crippen LogP contribution in [0.2, 0.25) is 5.02 Å². The molecule has 5 rings (SSSR count). The molecule has 0 aliphatic carbocycles. The number of amides is 1. The molecule has 1 amide bonds. The molecule has 3 heterocycles. The maximum absolute atomic E-state index is 13.3. The number of hydrogen-bond donors (Lipinski definition) is 1. The summed E-state index contributed by atoms with van der Waals surface area (Å²) in [5.41, 5.74) is 0.652. The van der Waals surface area contributed by atoms with Gasteiger partial charge < -0.3 is 9.52 Å². The zero-order valence-corrected chi connectivity index (χ0v) is 17.2. The maximum atomic E-state index is 13.3. The molecule has 1 saturated heterocycles. The van der Waals surface area contributed by atoms with Gasteiger partial charge in [0, 0.05) is 10.6 Å². The van der Waals surface area contributed by atoms with E-state index in [4.69, 9.17) is 16.0 Å². The average Bonchev–Trinajstić information content (AvgIpc) is 3.47. The molecule has 4 aromatic rings. The number of aliphatic hydroxyl groups is 1. The van der Waals surface area contributed by atoms with Crippen LogP contribution >= 0.6 is 22.9 Å². The molecule has 1 aliphatic rings. The summed E-state index contributed by atoms with van der Waals surface area (Å²) >= 11 is 7.24. The van der Waals surface area contributed by atoms with Crippen LogP contribution in [-0.2, 0) is 9.59 Å². The third kappa shape index (κ3) is 3.20. The van der Waals surface area contributed by atoms with Crippen molar-refractivity contribution >= 4 is 55.7 Å². The highest BCUT2D eigenvalue weighted by molar-refractivity contribution is 7.22. The SMILES string of the molecule is O=C1C(=O)N(c2nc3ccc(Cl)cc3s2)C(c2ccco2)/C1=C(\O)c1ccc(F)cc1. The minimum Gasteiger partial charge on any atom is -0.507 e. The van der Waals surface area contributed by atoms with Gasteiger partial charge in [0.1, 0.15) is 23.4 Å². The number of Topliss-reactive ketones (excluding diaryl/α,β-unsaturated/α-hetero) is 1. The number of hydrogen-bond acceptors (Lipinski definition) is 6. The van der Waals surface area contributed by atoms with Gasteiger partial charge in [-0.15, -0.1) is 0 Å². The molecule has 154 valence electrons. The van der Waals surface area contributed by atoms with E-state index in [0.29, 0.717) is 10.5 Å². The summed E-state index contributed by atoms with van der Waals surface area (Å²) in [5, 5.41) is 11.7. The Kier molecular flexibility index (Phi) is 4.60. The van der Waals surface area contributed by atoms with E-state index in [1.807, 2.05) is 0 Å². The zero-order chi connectivity index (χ0) is 21.7. The Morgan fingerprint density at radius 3 is 2.65 bits per heavy atom. The largest absolute Gasteiger partial charge is 0.507 e. The summed E-state index contributed by atoms with van der Waals surface area (Å²) in [6.45, 7) is 0. The Bertz CT molecular complexity index is 1360. The van der Waals surface area contributed by atoms with E-state index < -0.39 is 29.3 Å². The van der Waals surface area contributed by atoms with Crippen LogP contribution in [0, 0.1) is 5.82 Å². The molecule has 0 spiro atoms. The molecule has 2 aromatic heterocycles. The number of furan rings is 1. The number of ketones is 1. The minimum absolute atomic E-state index is 0.163. The summed E-state index contributed by atoms with van der Waals surface area (Å²) < 4.78 is 19.6. The summed E-state index contributed by atoms with van der Waals surface area (Å²) in [5.74, 6) is -2.38. The van der Waals surface area contributed by atoms with Gasteiger partial charge >= 0.3 is 5.91 Å². The number of carbonyl (C=O) groups is 2. The molecule has 31 heavy (non-hydrogen) atoms. The monoisotopic (exact) mass is 454 g/mol. The summed E-state index contributed by atoms with van der Waals surface area (Å²) in [6.07, 6.45) is 1.41. The van der Waals surface area contributed by atoms with Crippen molar-refractivity contribution in [1.29, 1.82) is 0 Å². The van der Waals surface area contributed by atoms with E-state index in [-0.39, 0.29) is 22.0 Å². The number of aliphatic hydroxyl groups excluding tert-OH is 1. The Hall–Kier alpha value is -3.49. The number of carbonyl (C=O) groups excluding carboxylic acids is 2. The van der Waals surface area contributed by atoms with Gasteiger partial charge in [0.2, 0.25) is 0 Å². The standard InChI is InChI=1S/C22H12ClFN2O4S/c23-12-5-8-14-16(10-12)31-22(25-14)26-18(15-2-1-9-30-15)17(20(28)21(26)29)19(27)11-3-6-13(24)7-4-11/h1-10,18,27H/b19-17+. The van der Waals surface area contributed by atoms with E-state index in [2.05, 4.69) is 4.98 Å². The second kappa shape index (κ2) is 7.33. The van der Waals surface area contributed by atoms with Crippen LogP contribution in [-0.4, -0.2) is 21.8 Å². The predicted octanol–water partition coefficient (Wildman–Crippen LogP) is 5.31. The average molecular weight is 455 g/mol. The van der Waals surface area contributed by atoms with E-state index >= 15 is 0 Å². The number of halogens is 2. The lowest BCUT2D eigenvalue weighted by Gasteiger charge is -2.20. The summed E-state index contributed by atoms with van der Waals surface area (Å²) in [7, 11) is 0. The van der Waals surface area contributed by atoms with Gasteiger partial charge in [0.15, 0.2) is 5.13 Å². The molecule has 0 bridgehead atoms. The fourth-order valence-electron chi connectivity index (χ4n) is 3.50. The lowest BCUT2D eigenvalue weighted by atomic mass is 9.99. The number of nitrogens with zero attached hydrogens (tertiary/aromatic N) is 2. The predicted molar refractivity (Wildman–Crippen MR) is 115 cm³/mol. The number of benzene rings is 2. The van der Waals surface area contributed by atoms with Crippen molar-refractivity contribution in [1.82, 2.24) is 4.98 Å². The van der Waals surface area contributed by atoms with Gasteiger partial charge in [-0.2, -0.15) is 0 Å². The first-order chi connectivity index (χ1) is 14.9. The highest BCUT2D eigenvalue weighted by Gasteiger charge is 2.49. The van der Waals surface area contributed by atoms with Crippen molar-refractivity contribution in [3.05, 3.63) is 88.6 Å². The van der Waals surface area contributed by atoms with Gasteiger partial charge in [-0.1, -0.05) is 22.9 Å². The van der Waals surface area contributed by atoms with Gasteiger partial charge in [-0.25, -0.2) is 9.37 Å². The van der Waals surface area contributed by atoms with Crippen LogP contribution < -0.4 is 4.90 Å². The number of aromatic nitrogens is 1. The topological polar surface area (TPSA) is 83.6 Å². The fourth-order valence-corrected chi connectivity index (χ4v) is 4.77. The van der Waals surface area contributed by atoms with Crippen LogP contribution in [0.5, 0.6) is 0 Å². The molecule has 2 aromatic carbocycles. The van der Waals surface area contributed by atoms with Crippen LogP contribution in [0.25, 0.3) is 16.0 Å². The van der Waals surface area contributed by atoms with E-state index in [1.165, 1.54) is 34.6 Å². The van der Waals surface area contributed by atoms with E-state index in [9.17, 15) is 19.1 Å². The number of thiazole rings is 1. The molecular weight excluding hydrogens is 443 g/mol. The smallest absolute Gasteiger partial charge is 0.302 e. The van der Waals surface area contributed by atoms with E-state index in [0.717, 1.165) is 16.8 Å². The quantitative estimate of drug-likeness (QED) is 0.258. The first-order valence-corrected chi connectivity index (χ1v) is 10.3. The Morgan fingerprint density at radius 2 is 1.94 bits per heavy atom. The second-order valence-corrected chi connectivity index (χ2v) is 8.25. The van der Waals surface area contributed by atoms with Gasteiger partial charge in [0.05, 0.1) is 22.1 Å². The van der Waals surface area contributed by atoms with Crippen molar-refractivity contribution < 1.29 is 23.5 Å². The van der Waals surface area contributed by atoms with Crippen LogP contribution in [0.3, 0.4) is 0 Å². The van der Waals surface area contributed by atoms with Crippen molar-refractivity contribution in [3.8, 4) is 0 Å². The van der Waals surface area contributed by atoms with Crippen molar-refractivity contribution in [2.75, 3.05) is 4.90 Å². The second-order valence-electron chi connectivity index (χ2n) is 6.80. The van der Waals surface area contributed by atoms with Crippen molar-refractivity contribution in [2.45, 2.75) is 6.04 Å². The van der Waals surface area contributed by atoms with Crippen molar-refractivity contribution in [3.63, 3.8) is 0 Å². The molecule has 1 unspecified atom stereocenters. The Labute approximate surface area is 183 Å². The minimum atomic E-state index is -1.03. The van der Waals surface area contributed by atoms with Crippen LogP contribution in [0.1, 0.15) is 17.4 Å². The molecule has 0 saturated carbocycles. The van der Waals surface area contributed by atoms with E-state index in [1.54, 1.807) is 30.3 Å². The Balaban J connectivity index is 1.71. The summed E-state index contributed by atoms with van der Waals surface area (Å²) in [6, 6.07) is 12.3. The number of anilines is 1. The number of fused-ring (bicyclic) bond motifs is 1. The van der Waals surface area contributed by atoms with Crippen LogP contribution in [0.15, 0.2) is 70.9 Å². The summed E-state index contributed by atoms with van der Waals surface area (Å²) in [4.78, 5) is 31.7. The maximum Gasteiger partial charge on any atom is 0.302 e. The molecule has 1 atom stereocenters. The number of rotatable bonds is 3. The fraction of sp³-hybridized carbons (Fsp3) is 0.0455. The lowest BCUT2D eigenvalue weighted by Crippen LogP contribution is -2.29. The van der Waals surface area contributed by atoms with Gasteiger partial charge in [-0.05, 0) is 54.6 Å². The third-order valence-corrected chi connectivity index (χ3v) is 6.17. The van der Waals surface area contributed by atoms with Crippen LogP contribution in [0.4, 0.5) is 9.52 Å². The molecule has 6 nitrogen and oxygen atoms in total.